The van der Waals surface area contributed by atoms with Gasteiger partial charge in [-0.05, 0) is 17.5 Å². The van der Waals surface area contributed by atoms with Crippen molar-refractivity contribution in [3.05, 3.63) is 30.1 Å². The molecule has 1 N–H and O–H groups in total. The summed E-state index contributed by atoms with van der Waals surface area (Å²) in [4.78, 5) is 4.13. The molecule has 0 saturated carbocycles. The average Bonchev–Trinajstić information content (AvgIpc) is 2.03. The second-order valence-electron chi connectivity index (χ2n) is 3.03. The number of rotatable bonds is 2. The maximum absolute atomic E-state index is 9.48. The fraction of sp³-hybridized carbons (Fsp3) is 0.300. The van der Waals surface area contributed by atoms with Crippen LogP contribution in [0.15, 0.2) is 18.8 Å². The van der Waals surface area contributed by atoms with Crippen molar-refractivity contribution in [2.24, 2.45) is 0 Å². The molecule has 2 nitrogen and oxygen atoms in total. The smallest absolute Gasteiger partial charge is 0.137 e. The van der Waals surface area contributed by atoms with Gasteiger partial charge in [0.1, 0.15) is 5.75 Å². The largest absolute Gasteiger partial charge is 0.506 e. The van der Waals surface area contributed by atoms with Gasteiger partial charge in [0.05, 0.1) is 5.69 Å². The molecule has 1 rings (SSSR count). The maximum atomic E-state index is 9.48. The number of hydrogen-bond donors (Lipinski definition) is 1. The molecular formula is C10H13NO. The Morgan fingerprint density at radius 1 is 1.58 bits per heavy atom. The zero-order valence-electron chi connectivity index (χ0n) is 7.41. The molecular weight excluding hydrogens is 150 g/mol. The van der Waals surface area contributed by atoms with Crippen LogP contribution in [0.1, 0.15) is 31.0 Å². The number of hydrogen-bond acceptors (Lipinski definition) is 2. The minimum absolute atomic E-state index is 0.252. The summed E-state index contributed by atoms with van der Waals surface area (Å²) in [5.74, 6) is 0.506. The molecule has 0 amide bonds. The van der Waals surface area contributed by atoms with E-state index in [1.165, 1.54) is 0 Å². The lowest BCUT2D eigenvalue weighted by Crippen LogP contribution is -1.92. The summed E-state index contributed by atoms with van der Waals surface area (Å²) in [5, 5.41) is 9.48. The minimum atomic E-state index is 0.252. The monoisotopic (exact) mass is 163 g/mol. The molecule has 1 heterocycles. The Morgan fingerprint density at radius 3 is 2.67 bits per heavy atom. The van der Waals surface area contributed by atoms with E-state index in [2.05, 4.69) is 11.6 Å². The molecule has 0 bridgehead atoms. The second-order valence-corrected chi connectivity index (χ2v) is 3.03. The second kappa shape index (κ2) is 3.39. The first-order valence-electron chi connectivity index (χ1n) is 3.96. The highest BCUT2D eigenvalue weighted by atomic mass is 16.3. The fourth-order valence-electron chi connectivity index (χ4n) is 1.04. The number of aromatic hydroxyl groups is 1. The molecule has 64 valence electrons. The summed E-state index contributed by atoms with van der Waals surface area (Å²) < 4.78 is 0. The number of pyridine rings is 1. The van der Waals surface area contributed by atoms with Crippen LogP contribution in [-0.2, 0) is 0 Å². The van der Waals surface area contributed by atoms with Crippen molar-refractivity contribution in [2.75, 3.05) is 0 Å². The topological polar surface area (TPSA) is 33.1 Å². The van der Waals surface area contributed by atoms with Crippen molar-refractivity contribution in [3.63, 3.8) is 0 Å². The summed E-state index contributed by atoms with van der Waals surface area (Å²) in [6.45, 7) is 7.59. The molecule has 0 aliphatic carbocycles. The summed E-state index contributed by atoms with van der Waals surface area (Å²) in [7, 11) is 0. The minimum Gasteiger partial charge on any atom is -0.506 e. The SMILES string of the molecule is C=Cc1cnc(C(C)C)c(O)c1. The first-order chi connectivity index (χ1) is 5.65. The van der Waals surface area contributed by atoms with Crippen LogP contribution in [0, 0.1) is 0 Å². The van der Waals surface area contributed by atoms with Crippen LogP contribution in [0.5, 0.6) is 5.75 Å². The maximum Gasteiger partial charge on any atom is 0.137 e. The van der Waals surface area contributed by atoms with E-state index in [1.807, 2.05) is 13.8 Å². The van der Waals surface area contributed by atoms with Gasteiger partial charge in [-0.15, -0.1) is 0 Å². The average molecular weight is 163 g/mol. The first kappa shape index (κ1) is 8.78. The lowest BCUT2D eigenvalue weighted by molar-refractivity contribution is 0.460. The van der Waals surface area contributed by atoms with Gasteiger partial charge in [0, 0.05) is 6.20 Å². The van der Waals surface area contributed by atoms with Crippen LogP contribution in [0.25, 0.3) is 6.08 Å². The predicted octanol–water partition coefficient (Wildman–Crippen LogP) is 2.55. The Kier molecular flexibility index (Phi) is 2.48. The van der Waals surface area contributed by atoms with Gasteiger partial charge >= 0.3 is 0 Å². The Bertz CT molecular complexity index is 292. The van der Waals surface area contributed by atoms with E-state index < -0.39 is 0 Å². The quantitative estimate of drug-likeness (QED) is 0.726. The molecule has 0 unspecified atom stereocenters. The molecule has 1 aromatic heterocycles. The Hall–Kier alpha value is -1.31. The van der Waals surface area contributed by atoms with E-state index in [4.69, 9.17) is 0 Å². The zero-order valence-corrected chi connectivity index (χ0v) is 7.41. The van der Waals surface area contributed by atoms with Crippen molar-refractivity contribution in [1.29, 1.82) is 0 Å². The van der Waals surface area contributed by atoms with Crippen LogP contribution in [0.4, 0.5) is 0 Å². The molecule has 0 aliphatic heterocycles. The van der Waals surface area contributed by atoms with Gasteiger partial charge in [0.15, 0.2) is 0 Å². The van der Waals surface area contributed by atoms with Crippen molar-refractivity contribution in [1.82, 2.24) is 4.98 Å². The number of aromatic nitrogens is 1. The lowest BCUT2D eigenvalue weighted by atomic mass is 10.1. The van der Waals surface area contributed by atoms with Crippen LogP contribution >= 0.6 is 0 Å². The Labute approximate surface area is 72.6 Å². The normalized spacial score (nSPS) is 10.2. The van der Waals surface area contributed by atoms with E-state index in [1.54, 1.807) is 18.3 Å². The molecule has 0 fully saturated rings. The van der Waals surface area contributed by atoms with E-state index >= 15 is 0 Å². The first-order valence-corrected chi connectivity index (χ1v) is 3.96. The fourth-order valence-corrected chi connectivity index (χ4v) is 1.04. The highest BCUT2D eigenvalue weighted by Gasteiger charge is 2.06. The Balaban J connectivity index is 3.11. The molecule has 0 spiro atoms. The Morgan fingerprint density at radius 2 is 2.25 bits per heavy atom. The zero-order chi connectivity index (χ0) is 9.14. The lowest BCUT2D eigenvalue weighted by Gasteiger charge is -2.06. The van der Waals surface area contributed by atoms with Gasteiger partial charge in [-0.3, -0.25) is 4.98 Å². The molecule has 0 atom stereocenters. The van der Waals surface area contributed by atoms with E-state index in [9.17, 15) is 5.11 Å². The van der Waals surface area contributed by atoms with Gasteiger partial charge in [-0.1, -0.05) is 26.5 Å². The van der Waals surface area contributed by atoms with Crippen molar-refractivity contribution in [3.8, 4) is 5.75 Å². The standard InChI is InChI=1S/C10H13NO/c1-4-8-5-9(12)10(7(2)3)11-6-8/h4-7,12H,1H2,2-3H3. The predicted molar refractivity (Wildman–Crippen MR) is 50.1 cm³/mol. The van der Waals surface area contributed by atoms with Gasteiger partial charge in [0.25, 0.3) is 0 Å². The molecule has 0 aliphatic rings. The molecule has 1 aromatic rings. The summed E-state index contributed by atoms with van der Waals surface area (Å²) in [6.07, 6.45) is 3.37. The molecule has 0 aromatic carbocycles. The van der Waals surface area contributed by atoms with Crippen molar-refractivity contribution < 1.29 is 5.11 Å². The molecule has 0 radical (unpaired) electrons. The summed E-state index contributed by atoms with van der Waals surface area (Å²) in [6, 6.07) is 1.68. The van der Waals surface area contributed by atoms with Gasteiger partial charge in [0.2, 0.25) is 0 Å². The van der Waals surface area contributed by atoms with Crippen molar-refractivity contribution >= 4 is 6.08 Å². The molecule has 0 saturated heterocycles. The summed E-state index contributed by atoms with van der Waals surface area (Å²) in [5.41, 5.74) is 1.58. The number of nitrogens with zero attached hydrogens (tertiary/aromatic N) is 1. The third-order valence-electron chi connectivity index (χ3n) is 1.70. The van der Waals surface area contributed by atoms with E-state index in [-0.39, 0.29) is 11.7 Å². The third-order valence-corrected chi connectivity index (χ3v) is 1.70. The van der Waals surface area contributed by atoms with Crippen LogP contribution in [0.2, 0.25) is 0 Å². The third kappa shape index (κ3) is 1.64. The molecule has 2 heteroatoms. The van der Waals surface area contributed by atoms with Crippen molar-refractivity contribution in [2.45, 2.75) is 19.8 Å². The summed E-state index contributed by atoms with van der Waals surface area (Å²) >= 11 is 0. The highest BCUT2D eigenvalue weighted by Crippen LogP contribution is 2.23. The van der Waals surface area contributed by atoms with Gasteiger partial charge in [-0.2, -0.15) is 0 Å². The van der Waals surface area contributed by atoms with Crippen LogP contribution in [-0.4, -0.2) is 10.1 Å². The van der Waals surface area contributed by atoms with E-state index in [0.717, 1.165) is 11.3 Å². The van der Waals surface area contributed by atoms with E-state index in [0.29, 0.717) is 0 Å². The highest BCUT2D eigenvalue weighted by molar-refractivity contribution is 5.49. The van der Waals surface area contributed by atoms with Crippen LogP contribution < -0.4 is 0 Å². The van der Waals surface area contributed by atoms with Crippen LogP contribution in [0.3, 0.4) is 0 Å². The van der Waals surface area contributed by atoms with Gasteiger partial charge in [-0.25, -0.2) is 0 Å². The molecule has 12 heavy (non-hydrogen) atoms. The van der Waals surface area contributed by atoms with Gasteiger partial charge < -0.3 is 5.11 Å².